The van der Waals surface area contributed by atoms with Gasteiger partial charge in [0, 0.05) is 10.2 Å². The molecule has 0 fully saturated rings. The number of carbonyl (C=O) groups is 1. The van der Waals surface area contributed by atoms with Crippen molar-refractivity contribution in [2.24, 2.45) is 5.73 Å². The number of rotatable bonds is 4. The monoisotopic (exact) mass is 356 g/mol. The van der Waals surface area contributed by atoms with E-state index in [9.17, 15) is 9.18 Å². The highest BCUT2D eigenvalue weighted by Gasteiger charge is 2.19. The Balaban J connectivity index is 2.34. The van der Waals surface area contributed by atoms with Crippen LogP contribution in [0.25, 0.3) is 0 Å². The fourth-order valence-corrected chi connectivity index (χ4v) is 2.33. The normalized spacial score (nSPS) is 11.9. The lowest BCUT2D eigenvalue weighted by Gasteiger charge is -2.18. The molecule has 3 nitrogen and oxygen atoms in total. The molecule has 1 atom stereocenters. The van der Waals surface area contributed by atoms with Gasteiger partial charge in [-0.2, -0.15) is 0 Å². The van der Waals surface area contributed by atoms with Crippen molar-refractivity contribution in [1.29, 1.82) is 0 Å². The Morgan fingerprint density at radius 1 is 1.30 bits per heavy atom. The number of nitrogens with two attached hydrogens (primary N) is 1. The van der Waals surface area contributed by atoms with Crippen LogP contribution in [-0.2, 0) is 4.79 Å². The van der Waals surface area contributed by atoms with Gasteiger partial charge in [-0.25, -0.2) is 4.39 Å². The number of para-hydroxylation sites is 1. The Kier molecular flexibility index (Phi) is 4.62. The smallest absolute Gasteiger partial charge is 0.244 e. The third-order valence-electron chi connectivity index (χ3n) is 2.74. The van der Waals surface area contributed by atoms with Gasteiger partial charge in [-0.3, -0.25) is 4.79 Å². The highest BCUT2D eigenvalue weighted by molar-refractivity contribution is 9.10. The van der Waals surface area contributed by atoms with Gasteiger partial charge in [0.2, 0.25) is 5.91 Å². The minimum Gasteiger partial charge on any atom is -0.369 e. The van der Waals surface area contributed by atoms with E-state index < -0.39 is 17.8 Å². The van der Waals surface area contributed by atoms with Crippen LogP contribution in [0.2, 0.25) is 5.02 Å². The molecule has 6 heteroatoms. The van der Waals surface area contributed by atoms with Crippen LogP contribution in [0.5, 0.6) is 0 Å². The average Bonchev–Trinajstić information content (AvgIpc) is 2.41. The quantitative estimate of drug-likeness (QED) is 0.872. The van der Waals surface area contributed by atoms with Crippen LogP contribution in [0.1, 0.15) is 11.6 Å². The number of amides is 1. The summed E-state index contributed by atoms with van der Waals surface area (Å²) in [6.07, 6.45) is 0. The average molecular weight is 358 g/mol. The van der Waals surface area contributed by atoms with Gasteiger partial charge in [0.05, 0.1) is 5.02 Å². The zero-order valence-corrected chi connectivity index (χ0v) is 12.6. The highest BCUT2D eigenvalue weighted by Crippen LogP contribution is 2.28. The summed E-state index contributed by atoms with van der Waals surface area (Å²) in [6.45, 7) is 0. The number of nitrogens with one attached hydrogen (secondary N) is 1. The Labute approximate surface area is 129 Å². The first-order valence-corrected chi connectivity index (χ1v) is 6.91. The van der Waals surface area contributed by atoms with Gasteiger partial charge in [0.15, 0.2) is 0 Å². The van der Waals surface area contributed by atoms with Gasteiger partial charge in [-0.05, 0) is 45.8 Å². The van der Waals surface area contributed by atoms with E-state index in [-0.39, 0.29) is 5.02 Å². The number of halogens is 3. The molecule has 2 aromatic carbocycles. The van der Waals surface area contributed by atoms with Crippen LogP contribution in [0, 0.1) is 5.82 Å². The van der Waals surface area contributed by atoms with Gasteiger partial charge in [0.25, 0.3) is 0 Å². The molecule has 2 aromatic rings. The molecule has 104 valence electrons. The molecule has 0 aromatic heterocycles. The van der Waals surface area contributed by atoms with E-state index >= 15 is 0 Å². The van der Waals surface area contributed by atoms with Crippen molar-refractivity contribution < 1.29 is 9.18 Å². The second-order valence-electron chi connectivity index (χ2n) is 4.13. The van der Waals surface area contributed by atoms with Crippen LogP contribution in [0.3, 0.4) is 0 Å². The van der Waals surface area contributed by atoms with Crippen molar-refractivity contribution in [1.82, 2.24) is 0 Å². The SMILES string of the molecule is NC(=O)C(Nc1ccccc1Br)c1ccc(F)c(Cl)c1. The minimum absolute atomic E-state index is 0.0531. The third-order valence-corrected chi connectivity index (χ3v) is 3.72. The molecule has 2 rings (SSSR count). The van der Waals surface area contributed by atoms with E-state index in [4.69, 9.17) is 17.3 Å². The van der Waals surface area contributed by atoms with Crippen LogP contribution in [0.4, 0.5) is 10.1 Å². The fourth-order valence-electron chi connectivity index (χ4n) is 1.74. The van der Waals surface area contributed by atoms with Crippen molar-refractivity contribution in [2.75, 3.05) is 5.32 Å². The molecule has 3 N–H and O–H groups in total. The maximum absolute atomic E-state index is 13.2. The van der Waals surface area contributed by atoms with Crippen LogP contribution in [-0.4, -0.2) is 5.91 Å². The fraction of sp³-hybridized carbons (Fsp3) is 0.0714. The summed E-state index contributed by atoms with van der Waals surface area (Å²) >= 11 is 9.10. The summed E-state index contributed by atoms with van der Waals surface area (Å²) < 4.78 is 14.0. The number of hydrogen-bond donors (Lipinski definition) is 2. The van der Waals surface area contributed by atoms with Gasteiger partial charge >= 0.3 is 0 Å². The molecule has 0 saturated heterocycles. The summed E-state index contributed by atoms with van der Waals surface area (Å²) in [7, 11) is 0. The molecule has 0 aliphatic rings. The van der Waals surface area contributed by atoms with E-state index in [1.807, 2.05) is 18.2 Å². The maximum atomic E-state index is 13.2. The summed E-state index contributed by atoms with van der Waals surface area (Å²) in [5.74, 6) is -1.12. The van der Waals surface area contributed by atoms with Crippen molar-refractivity contribution in [3.05, 3.63) is 63.3 Å². The Hall–Kier alpha value is -1.59. The lowest BCUT2D eigenvalue weighted by molar-refractivity contribution is -0.118. The molecule has 0 spiro atoms. The highest BCUT2D eigenvalue weighted by atomic mass is 79.9. The summed E-state index contributed by atoms with van der Waals surface area (Å²) in [4.78, 5) is 11.6. The van der Waals surface area contributed by atoms with E-state index in [1.165, 1.54) is 18.2 Å². The second kappa shape index (κ2) is 6.24. The van der Waals surface area contributed by atoms with Crippen molar-refractivity contribution in [2.45, 2.75) is 6.04 Å². The second-order valence-corrected chi connectivity index (χ2v) is 5.39. The van der Waals surface area contributed by atoms with Crippen LogP contribution < -0.4 is 11.1 Å². The molecule has 1 amide bonds. The number of primary amides is 1. The summed E-state index contributed by atoms with van der Waals surface area (Å²) in [5.41, 5.74) is 6.61. The van der Waals surface area contributed by atoms with E-state index in [0.29, 0.717) is 11.3 Å². The largest absolute Gasteiger partial charge is 0.369 e. The zero-order valence-electron chi connectivity index (χ0n) is 10.2. The molecule has 20 heavy (non-hydrogen) atoms. The first kappa shape index (κ1) is 14.8. The van der Waals surface area contributed by atoms with Crippen molar-refractivity contribution >= 4 is 39.1 Å². The molecule has 0 aliphatic heterocycles. The molecule has 0 heterocycles. The minimum atomic E-state index is -0.799. The topological polar surface area (TPSA) is 55.1 Å². The lowest BCUT2D eigenvalue weighted by atomic mass is 10.1. The van der Waals surface area contributed by atoms with Gasteiger partial charge in [0.1, 0.15) is 11.9 Å². The van der Waals surface area contributed by atoms with Gasteiger partial charge < -0.3 is 11.1 Å². The van der Waals surface area contributed by atoms with E-state index in [0.717, 1.165) is 4.47 Å². The Morgan fingerprint density at radius 3 is 2.60 bits per heavy atom. The molecule has 1 unspecified atom stereocenters. The number of anilines is 1. The number of hydrogen-bond acceptors (Lipinski definition) is 2. The number of carbonyl (C=O) groups excluding carboxylic acids is 1. The Morgan fingerprint density at radius 2 is 2.00 bits per heavy atom. The van der Waals surface area contributed by atoms with Gasteiger partial charge in [-0.15, -0.1) is 0 Å². The molecular weight excluding hydrogens is 347 g/mol. The predicted molar refractivity (Wildman–Crippen MR) is 81.1 cm³/mol. The van der Waals surface area contributed by atoms with Crippen LogP contribution in [0.15, 0.2) is 46.9 Å². The van der Waals surface area contributed by atoms with E-state index in [2.05, 4.69) is 21.2 Å². The molecule has 0 saturated carbocycles. The zero-order chi connectivity index (χ0) is 14.7. The molecule has 0 radical (unpaired) electrons. The van der Waals surface area contributed by atoms with Crippen LogP contribution >= 0.6 is 27.5 Å². The first-order valence-electron chi connectivity index (χ1n) is 5.74. The standard InChI is InChI=1S/C14H11BrClFN2O/c15-9-3-1-2-4-12(9)19-13(14(18)20)8-5-6-11(17)10(16)7-8/h1-7,13,19H,(H2,18,20). The maximum Gasteiger partial charge on any atom is 0.244 e. The third kappa shape index (κ3) is 3.29. The summed E-state index contributed by atoms with van der Waals surface area (Å²) in [5, 5.41) is 2.95. The predicted octanol–water partition coefficient (Wildman–Crippen LogP) is 3.88. The molecule has 0 bridgehead atoms. The van der Waals surface area contributed by atoms with Crippen molar-refractivity contribution in [3.63, 3.8) is 0 Å². The molecule has 0 aliphatic carbocycles. The van der Waals surface area contributed by atoms with Gasteiger partial charge in [-0.1, -0.05) is 29.8 Å². The lowest BCUT2D eigenvalue weighted by Crippen LogP contribution is -2.27. The Bertz CT molecular complexity index is 651. The molecular formula is C14H11BrClFN2O. The van der Waals surface area contributed by atoms with Crippen molar-refractivity contribution in [3.8, 4) is 0 Å². The van der Waals surface area contributed by atoms with E-state index in [1.54, 1.807) is 6.07 Å². The number of benzene rings is 2. The summed E-state index contributed by atoms with van der Waals surface area (Å²) in [6, 6.07) is 10.6. The first-order chi connectivity index (χ1) is 9.49.